The Kier molecular flexibility index (Phi) is 5.30. The van der Waals surface area contributed by atoms with E-state index in [9.17, 15) is 4.79 Å². The lowest BCUT2D eigenvalue weighted by molar-refractivity contribution is -0.124. The van der Waals surface area contributed by atoms with E-state index in [2.05, 4.69) is 19.2 Å². The van der Waals surface area contributed by atoms with Crippen LogP contribution in [-0.2, 0) is 4.79 Å². The van der Waals surface area contributed by atoms with Crippen LogP contribution in [0.1, 0.15) is 33.1 Å². The third kappa shape index (κ3) is 4.14. The van der Waals surface area contributed by atoms with Crippen LogP contribution in [0.4, 0.5) is 0 Å². The standard InChI is InChI=1S/C16H22ClNO2/c1-11-4-3-5-15(12(11)2)18-16(19)10-20-14-8-6-13(17)7-9-14/h6-9,11-12,15H,3-5,10H2,1-2H3,(H,18,19)/t11-,12+,15+/m0/s1. The second-order valence-corrected chi connectivity index (χ2v) is 6.12. The van der Waals surface area contributed by atoms with Crippen molar-refractivity contribution in [1.82, 2.24) is 5.32 Å². The molecule has 0 aliphatic heterocycles. The summed E-state index contributed by atoms with van der Waals surface area (Å²) < 4.78 is 5.46. The van der Waals surface area contributed by atoms with Crippen molar-refractivity contribution in [2.75, 3.05) is 6.61 Å². The maximum Gasteiger partial charge on any atom is 0.258 e. The molecule has 1 aromatic rings. The van der Waals surface area contributed by atoms with Gasteiger partial charge < -0.3 is 10.1 Å². The Bertz CT molecular complexity index is 446. The van der Waals surface area contributed by atoms with E-state index < -0.39 is 0 Å². The van der Waals surface area contributed by atoms with Crippen LogP contribution in [0.3, 0.4) is 0 Å². The summed E-state index contributed by atoms with van der Waals surface area (Å²) in [5.74, 6) is 1.81. The Hall–Kier alpha value is -1.22. The summed E-state index contributed by atoms with van der Waals surface area (Å²) in [6.45, 7) is 4.53. The van der Waals surface area contributed by atoms with Gasteiger partial charge in [0.15, 0.2) is 6.61 Å². The molecule has 2 rings (SSSR count). The molecular weight excluding hydrogens is 274 g/mol. The number of benzene rings is 1. The average molecular weight is 296 g/mol. The summed E-state index contributed by atoms with van der Waals surface area (Å²) in [5, 5.41) is 3.75. The Labute approximate surface area is 125 Å². The van der Waals surface area contributed by atoms with Crippen LogP contribution in [0.15, 0.2) is 24.3 Å². The molecule has 0 unspecified atom stereocenters. The maximum atomic E-state index is 11.9. The minimum Gasteiger partial charge on any atom is -0.484 e. The summed E-state index contributed by atoms with van der Waals surface area (Å²) in [4.78, 5) is 11.9. The first-order chi connectivity index (χ1) is 9.56. The van der Waals surface area contributed by atoms with Crippen LogP contribution >= 0.6 is 11.6 Å². The number of hydrogen-bond acceptors (Lipinski definition) is 2. The zero-order valence-electron chi connectivity index (χ0n) is 12.1. The van der Waals surface area contributed by atoms with Gasteiger partial charge in [-0.05, 0) is 42.5 Å². The van der Waals surface area contributed by atoms with Gasteiger partial charge in [-0.25, -0.2) is 0 Å². The number of ether oxygens (including phenoxy) is 1. The van der Waals surface area contributed by atoms with Crippen molar-refractivity contribution >= 4 is 17.5 Å². The minimum atomic E-state index is -0.0501. The molecule has 0 saturated heterocycles. The Morgan fingerprint density at radius 1 is 1.30 bits per heavy atom. The van der Waals surface area contributed by atoms with Crippen LogP contribution in [0, 0.1) is 11.8 Å². The summed E-state index contributed by atoms with van der Waals surface area (Å²) in [5.41, 5.74) is 0. The van der Waals surface area contributed by atoms with Gasteiger partial charge in [0.25, 0.3) is 5.91 Å². The van der Waals surface area contributed by atoms with Gasteiger partial charge >= 0.3 is 0 Å². The van der Waals surface area contributed by atoms with Gasteiger partial charge in [-0.2, -0.15) is 0 Å². The van der Waals surface area contributed by atoms with Crippen LogP contribution in [0.5, 0.6) is 5.75 Å². The number of nitrogens with one attached hydrogen (secondary N) is 1. The lowest BCUT2D eigenvalue weighted by atomic mass is 9.78. The van der Waals surface area contributed by atoms with Crippen molar-refractivity contribution < 1.29 is 9.53 Å². The van der Waals surface area contributed by atoms with Crippen molar-refractivity contribution in [1.29, 1.82) is 0 Å². The highest BCUT2D eigenvalue weighted by Crippen LogP contribution is 2.29. The van der Waals surface area contributed by atoms with Crippen LogP contribution in [0.2, 0.25) is 5.02 Å². The molecule has 1 amide bonds. The number of carbonyl (C=O) groups excluding carboxylic acids is 1. The molecule has 0 radical (unpaired) electrons. The smallest absolute Gasteiger partial charge is 0.258 e. The molecule has 20 heavy (non-hydrogen) atoms. The van der Waals surface area contributed by atoms with Gasteiger partial charge in [0, 0.05) is 11.1 Å². The molecule has 1 aliphatic carbocycles. The van der Waals surface area contributed by atoms with E-state index in [0.717, 1.165) is 6.42 Å². The molecule has 1 N–H and O–H groups in total. The van der Waals surface area contributed by atoms with E-state index >= 15 is 0 Å². The van der Waals surface area contributed by atoms with E-state index in [-0.39, 0.29) is 18.6 Å². The first kappa shape index (κ1) is 15.2. The van der Waals surface area contributed by atoms with Gasteiger partial charge in [0.1, 0.15) is 5.75 Å². The second kappa shape index (κ2) is 6.98. The summed E-state index contributed by atoms with van der Waals surface area (Å²) in [6.07, 6.45) is 3.52. The molecule has 3 nitrogen and oxygen atoms in total. The normalized spacial score (nSPS) is 26.1. The third-order valence-electron chi connectivity index (χ3n) is 4.24. The van der Waals surface area contributed by atoms with Gasteiger partial charge in [0.05, 0.1) is 0 Å². The Morgan fingerprint density at radius 3 is 2.70 bits per heavy atom. The van der Waals surface area contributed by atoms with Crippen LogP contribution in [-0.4, -0.2) is 18.6 Å². The summed E-state index contributed by atoms with van der Waals surface area (Å²) in [6, 6.07) is 7.31. The number of halogens is 1. The Morgan fingerprint density at radius 2 is 2.00 bits per heavy atom. The molecule has 0 spiro atoms. The molecule has 1 saturated carbocycles. The van der Waals surface area contributed by atoms with Gasteiger partial charge in [-0.3, -0.25) is 4.79 Å². The van der Waals surface area contributed by atoms with Crippen molar-refractivity contribution in [3.8, 4) is 5.75 Å². The topological polar surface area (TPSA) is 38.3 Å². The van der Waals surface area contributed by atoms with E-state index in [1.54, 1.807) is 24.3 Å². The molecular formula is C16H22ClNO2. The zero-order valence-corrected chi connectivity index (χ0v) is 12.8. The van der Waals surface area contributed by atoms with E-state index in [1.165, 1.54) is 12.8 Å². The molecule has 3 atom stereocenters. The second-order valence-electron chi connectivity index (χ2n) is 5.68. The maximum absolute atomic E-state index is 11.9. The van der Waals surface area contributed by atoms with Gasteiger partial charge in [-0.15, -0.1) is 0 Å². The molecule has 1 aliphatic rings. The Balaban J connectivity index is 1.79. The lowest BCUT2D eigenvalue weighted by Crippen LogP contribution is -2.45. The van der Waals surface area contributed by atoms with Crippen molar-refractivity contribution in [2.24, 2.45) is 11.8 Å². The fraction of sp³-hybridized carbons (Fsp3) is 0.562. The van der Waals surface area contributed by atoms with Crippen molar-refractivity contribution in [3.05, 3.63) is 29.3 Å². The highest BCUT2D eigenvalue weighted by molar-refractivity contribution is 6.30. The molecule has 4 heteroatoms. The highest BCUT2D eigenvalue weighted by atomic mass is 35.5. The summed E-state index contributed by atoms with van der Waals surface area (Å²) in [7, 11) is 0. The SMILES string of the molecule is C[C@@H]1[C@@H](C)CCC[C@H]1NC(=O)COc1ccc(Cl)cc1. The fourth-order valence-electron chi connectivity index (χ4n) is 2.71. The van der Waals surface area contributed by atoms with Gasteiger partial charge in [-0.1, -0.05) is 38.3 Å². The number of amides is 1. The quantitative estimate of drug-likeness (QED) is 0.920. The highest BCUT2D eigenvalue weighted by Gasteiger charge is 2.28. The van der Waals surface area contributed by atoms with E-state index in [0.29, 0.717) is 22.6 Å². The van der Waals surface area contributed by atoms with E-state index in [1.807, 2.05) is 0 Å². The first-order valence-electron chi connectivity index (χ1n) is 7.24. The first-order valence-corrected chi connectivity index (χ1v) is 7.62. The molecule has 0 aromatic heterocycles. The minimum absolute atomic E-state index is 0.0501. The number of rotatable bonds is 4. The summed E-state index contributed by atoms with van der Waals surface area (Å²) >= 11 is 5.80. The van der Waals surface area contributed by atoms with Crippen LogP contribution < -0.4 is 10.1 Å². The lowest BCUT2D eigenvalue weighted by Gasteiger charge is -2.34. The van der Waals surface area contributed by atoms with Crippen molar-refractivity contribution in [3.63, 3.8) is 0 Å². The van der Waals surface area contributed by atoms with E-state index in [4.69, 9.17) is 16.3 Å². The van der Waals surface area contributed by atoms with Crippen LogP contribution in [0.25, 0.3) is 0 Å². The fourth-order valence-corrected chi connectivity index (χ4v) is 2.84. The predicted molar refractivity (Wildman–Crippen MR) is 81.1 cm³/mol. The number of carbonyl (C=O) groups is 1. The van der Waals surface area contributed by atoms with Gasteiger partial charge in [0.2, 0.25) is 0 Å². The zero-order chi connectivity index (χ0) is 14.5. The average Bonchev–Trinajstić information content (AvgIpc) is 2.43. The molecule has 1 fully saturated rings. The molecule has 0 bridgehead atoms. The largest absolute Gasteiger partial charge is 0.484 e. The predicted octanol–water partition coefficient (Wildman–Crippen LogP) is 3.66. The third-order valence-corrected chi connectivity index (χ3v) is 4.49. The molecule has 1 aromatic carbocycles. The monoisotopic (exact) mass is 295 g/mol. The van der Waals surface area contributed by atoms with Crippen molar-refractivity contribution in [2.45, 2.75) is 39.2 Å². The number of hydrogen-bond donors (Lipinski definition) is 1. The molecule has 110 valence electrons. The molecule has 0 heterocycles.